The Bertz CT molecular complexity index is 1770. The first kappa shape index (κ1) is 25.0. The molecule has 3 aromatic carbocycles. The van der Waals surface area contributed by atoms with Gasteiger partial charge in [0.1, 0.15) is 5.58 Å². The molecule has 0 saturated heterocycles. The molecule has 7 aromatic rings. The molecule has 0 amide bonds. The van der Waals surface area contributed by atoms with Crippen LogP contribution < -0.4 is 0 Å². The van der Waals surface area contributed by atoms with Gasteiger partial charge in [0, 0.05) is 42.6 Å². The molecule has 7 rings (SSSR count). The smallest absolute Gasteiger partial charge is 0.122 e. The maximum atomic E-state index is 6.22. The normalized spacial score (nSPS) is 10.8. The Hall–Kier alpha value is -3.63. The Kier molecular flexibility index (Phi) is 7.29. The fourth-order valence-corrected chi connectivity index (χ4v) is 5.02. The number of pyridine rings is 2. The van der Waals surface area contributed by atoms with Crippen molar-refractivity contribution in [3.63, 3.8) is 0 Å². The Balaban J connectivity index is 0.000000183. The minimum absolute atomic E-state index is 0. The molecular formula is C32H22IrN2OS-2. The fourth-order valence-electron chi connectivity index (χ4n) is 4.22. The second-order valence-electron chi connectivity index (χ2n) is 8.65. The van der Waals surface area contributed by atoms with E-state index in [1.807, 2.05) is 54.7 Å². The van der Waals surface area contributed by atoms with Crippen molar-refractivity contribution in [2.75, 3.05) is 0 Å². The summed E-state index contributed by atoms with van der Waals surface area (Å²) in [4.78, 5) is 8.80. The van der Waals surface area contributed by atoms with Crippen molar-refractivity contribution in [3.8, 4) is 22.5 Å². The van der Waals surface area contributed by atoms with Gasteiger partial charge in [0.05, 0.1) is 5.58 Å². The van der Waals surface area contributed by atoms with E-state index in [1.165, 1.54) is 21.2 Å². The molecule has 5 heteroatoms. The predicted octanol–water partition coefficient (Wildman–Crippen LogP) is 8.83. The van der Waals surface area contributed by atoms with Crippen LogP contribution in [-0.2, 0) is 20.1 Å². The van der Waals surface area contributed by atoms with E-state index in [4.69, 9.17) is 4.42 Å². The SMILES string of the molecule is Cc1cnc(-c2[c-]ccc3c2oc2cc4sccc4cc23)cc1C.[Ir].[c-]1ccccc1-c1ccccn1. The topological polar surface area (TPSA) is 38.9 Å². The molecule has 1 radical (unpaired) electrons. The van der Waals surface area contributed by atoms with Crippen molar-refractivity contribution in [1.29, 1.82) is 0 Å². The summed E-state index contributed by atoms with van der Waals surface area (Å²) in [6.07, 6.45) is 3.70. The molecule has 4 aromatic heterocycles. The van der Waals surface area contributed by atoms with Crippen LogP contribution in [0.2, 0.25) is 0 Å². The number of fused-ring (bicyclic) bond motifs is 4. The molecule has 183 valence electrons. The molecule has 0 aliphatic rings. The number of nitrogens with zero attached hydrogens (tertiary/aromatic N) is 2. The molecule has 4 heterocycles. The first-order valence-corrected chi connectivity index (χ1v) is 12.6. The zero-order valence-electron chi connectivity index (χ0n) is 20.3. The number of furan rings is 1. The first-order valence-electron chi connectivity index (χ1n) is 11.7. The molecule has 0 N–H and O–H groups in total. The standard InChI is InChI=1S/C21H14NOS.C11H8N.Ir/c1-12-8-18(22-11-13(12)2)16-5-3-4-15-17-9-14-6-7-24-20(14)10-19(17)23-21(15)16;1-2-6-10(7-3-1)11-8-4-5-9-12-11;/h3-4,6-11H,1-2H3;1-6,8-9H;/q2*-1;. The molecule has 0 fully saturated rings. The molecule has 0 atom stereocenters. The molecule has 0 unspecified atom stereocenters. The maximum absolute atomic E-state index is 6.22. The molecule has 3 nitrogen and oxygen atoms in total. The van der Waals surface area contributed by atoms with Crippen molar-refractivity contribution in [2.45, 2.75) is 13.8 Å². The van der Waals surface area contributed by atoms with Crippen LogP contribution in [0.1, 0.15) is 11.1 Å². The first-order chi connectivity index (χ1) is 17.7. The fraction of sp³-hybridized carbons (Fsp3) is 0.0625. The largest absolute Gasteiger partial charge is 0.501 e. The average molecular weight is 675 g/mol. The van der Waals surface area contributed by atoms with Gasteiger partial charge in [-0.05, 0) is 65.8 Å². The van der Waals surface area contributed by atoms with E-state index in [0.717, 1.165) is 44.5 Å². The van der Waals surface area contributed by atoms with Crippen LogP contribution in [-0.4, -0.2) is 9.97 Å². The third kappa shape index (κ3) is 4.99. The second-order valence-corrected chi connectivity index (χ2v) is 9.60. The van der Waals surface area contributed by atoms with Crippen molar-refractivity contribution in [2.24, 2.45) is 0 Å². The monoisotopic (exact) mass is 675 g/mol. The molecule has 0 aliphatic carbocycles. The molecular weight excluding hydrogens is 653 g/mol. The number of rotatable bonds is 2. The molecule has 0 spiro atoms. The summed E-state index contributed by atoms with van der Waals surface area (Å²) in [7, 11) is 0. The molecule has 0 saturated carbocycles. The van der Waals surface area contributed by atoms with E-state index in [1.54, 1.807) is 17.5 Å². The Morgan fingerprint density at radius 2 is 1.68 bits per heavy atom. The van der Waals surface area contributed by atoms with E-state index >= 15 is 0 Å². The summed E-state index contributed by atoms with van der Waals surface area (Å²) in [6.45, 7) is 4.18. The third-order valence-electron chi connectivity index (χ3n) is 6.28. The van der Waals surface area contributed by atoms with Crippen LogP contribution in [0.4, 0.5) is 0 Å². The van der Waals surface area contributed by atoms with Crippen molar-refractivity contribution < 1.29 is 24.5 Å². The predicted molar refractivity (Wildman–Crippen MR) is 149 cm³/mol. The van der Waals surface area contributed by atoms with Crippen LogP contribution >= 0.6 is 11.3 Å². The molecule has 37 heavy (non-hydrogen) atoms. The van der Waals surface area contributed by atoms with E-state index in [2.05, 4.69) is 71.7 Å². The second kappa shape index (κ2) is 10.8. The van der Waals surface area contributed by atoms with Crippen LogP contribution in [0.3, 0.4) is 0 Å². The summed E-state index contributed by atoms with van der Waals surface area (Å²) in [5, 5.41) is 5.64. The van der Waals surface area contributed by atoms with Gasteiger partial charge in [0.2, 0.25) is 0 Å². The summed E-state index contributed by atoms with van der Waals surface area (Å²) in [5.74, 6) is 0. The average Bonchev–Trinajstić information content (AvgIpc) is 3.54. The number of hydrogen-bond acceptors (Lipinski definition) is 4. The minimum atomic E-state index is 0. The Morgan fingerprint density at radius 1 is 0.784 bits per heavy atom. The van der Waals surface area contributed by atoms with Crippen LogP contribution in [0.5, 0.6) is 0 Å². The van der Waals surface area contributed by atoms with Gasteiger partial charge in [-0.2, -0.15) is 0 Å². The summed E-state index contributed by atoms with van der Waals surface area (Å²) >= 11 is 1.74. The van der Waals surface area contributed by atoms with Gasteiger partial charge in [-0.25, -0.2) is 0 Å². The van der Waals surface area contributed by atoms with Gasteiger partial charge in [-0.15, -0.1) is 65.4 Å². The number of hydrogen-bond donors (Lipinski definition) is 0. The van der Waals surface area contributed by atoms with Crippen LogP contribution in [0.15, 0.2) is 101 Å². The number of aromatic nitrogens is 2. The van der Waals surface area contributed by atoms with E-state index in [9.17, 15) is 0 Å². The van der Waals surface area contributed by atoms with Gasteiger partial charge < -0.3 is 14.4 Å². The summed E-state index contributed by atoms with van der Waals surface area (Å²) in [6, 6.07) is 32.8. The van der Waals surface area contributed by atoms with Gasteiger partial charge >= 0.3 is 0 Å². The maximum Gasteiger partial charge on any atom is 0.122 e. The van der Waals surface area contributed by atoms with E-state index in [-0.39, 0.29) is 20.1 Å². The third-order valence-corrected chi connectivity index (χ3v) is 7.16. The minimum Gasteiger partial charge on any atom is -0.501 e. The summed E-state index contributed by atoms with van der Waals surface area (Å²) < 4.78 is 7.47. The zero-order valence-corrected chi connectivity index (χ0v) is 23.5. The van der Waals surface area contributed by atoms with Crippen LogP contribution in [0, 0.1) is 26.0 Å². The van der Waals surface area contributed by atoms with Gasteiger partial charge in [0.25, 0.3) is 0 Å². The van der Waals surface area contributed by atoms with Gasteiger partial charge in [-0.3, -0.25) is 0 Å². The number of benzene rings is 3. The zero-order chi connectivity index (χ0) is 24.5. The summed E-state index contributed by atoms with van der Waals surface area (Å²) in [5.41, 5.74) is 8.04. The van der Waals surface area contributed by atoms with Gasteiger partial charge in [0.15, 0.2) is 0 Å². The molecule has 0 aliphatic heterocycles. The quantitative estimate of drug-likeness (QED) is 0.172. The van der Waals surface area contributed by atoms with Gasteiger partial charge in [-0.1, -0.05) is 34.7 Å². The van der Waals surface area contributed by atoms with E-state index < -0.39 is 0 Å². The number of aryl methyl sites for hydroxylation is 2. The number of thiophene rings is 1. The van der Waals surface area contributed by atoms with Crippen molar-refractivity contribution in [1.82, 2.24) is 9.97 Å². The Labute approximate surface area is 233 Å². The van der Waals surface area contributed by atoms with Crippen molar-refractivity contribution in [3.05, 3.63) is 120 Å². The molecule has 0 bridgehead atoms. The van der Waals surface area contributed by atoms with Crippen LogP contribution in [0.25, 0.3) is 54.5 Å². The van der Waals surface area contributed by atoms with Crippen molar-refractivity contribution >= 4 is 43.4 Å². The Morgan fingerprint density at radius 3 is 2.46 bits per heavy atom. The van der Waals surface area contributed by atoms with E-state index in [0.29, 0.717) is 0 Å².